The molecule has 1 saturated heterocycles. The van der Waals surface area contributed by atoms with Crippen molar-refractivity contribution in [3.63, 3.8) is 0 Å². The first-order valence-corrected chi connectivity index (χ1v) is 7.72. The Morgan fingerprint density at radius 3 is 2.29 bits per heavy atom. The minimum atomic E-state index is -0.0938. The number of hydrogen-bond acceptors (Lipinski definition) is 3. The predicted octanol–water partition coefficient (Wildman–Crippen LogP) is 3.04. The van der Waals surface area contributed by atoms with Gasteiger partial charge in [0.05, 0.1) is 5.69 Å². The molecule has 1 aliphatic heterocycles. The molecule has 1 unspecified atom stereocenters. The number of anilines is 1. The lowest BCUT2D eigenvalue weighted by atomic mass is 9.97. The fourth-order valence-electron chi connectivity index (χ4n) is 2.67. The standard InChI is InChI=1S/C17H24N2O2/c1-4-9-18-13(3)14-5-7-15(8-6-14)19-16(20)10-12(2)11-17(19)21/h5-8,12-13,18H,4,9-11H2,1-3H3. The minimum Gasteiger partial charge on any atom is -0.310 e. The van der Waals surface area contributed by atoms with E-state index < -0.39 is 0 Å². The van der Waals surface area contributed by atoms with E-state index in [1.165, 1.54) is 4.90 Å². The number of carbonyl (C=O) groups is 2. The Labute approximate surface area is 126 Å². The molecule has 0 radical (unpaired) electrons. The highest BCUT2D eigenvalue weighted by Gasteiger charge is 2.31. The zero-order chi connectivity index (χ0) is 15.4. The van der Waals surface area contributed by atoms with Crippen molar-refractivity contribution < 1.29 is 9.59 Å². The molecule has 1 aromatic carbocycles. The maximum absolute atomic E-state index is 12.1. The number of hydrogen-bond donors (Lipinski definition) is 1. The Balaban J connectivity index is 2.11. The van der Waals surface area contributed by atoms with E-state index in [4.69, 9.17) is 0 Å². The Bertz CT molecular complexity index is 492. The first-order valence-electron chi connectivity index (χ1n) is 7.72. The third kappa shape index (κ3) is 3.70. The number of carbonyl (C=O) groups excluding carboxylic acids is 2. The molecule has 1 heterocycles. The number of benzene rings is 1. The molecule has 0 aromatic heterocycles. The van der Waals surface area contributed by atoms with Crippen LogP contribution >= 0.6 is 0 Å². The second-order valence-electron chi connectivity index (χ2n) is 5.90. The first kappa shape index (κ1) is 15.7. The number of nitrogens with one attached hydrogen (secondary N) is 1. The van der Waals surface area contributed by atoms with Crippen molar-refractivity contribution in [3.05, 3.63) is 29.8 Å². The Hall–Kier alpha value is -1.68. The molecule has 2 rings (SSSR count). The van der Waals surface area contributed by atoms with E-state index in [1.807, 2.05) is 31.2 Å². The average molecular weight is 288 g/mol. The van der Waals surface area contributed by atoms with Gasteiger partial charge in [-0.2, -0.15) is 0 Å². The Morgan fingerprint density at radius 2 is 1.76 bits per heavy atom. The molecule has 1 fully saturated rings. The molecule has 0 spiro atoms. The number of amides is 2. The van der Waals surface area contributed by atoms with Crippen LogP contribution < -0.4 is 10.2 Å². The molecule has 0 aliphatic carbocycles. The summed E-state index contributed by atoms with van der Waals surface area (Å²) >= 11 is 0. The van der Waals surface area contributed by atoms with Gasteiger partial charge in [0.2, 0.25) is 11.8 Å². The largest absolute Gasteiger partial charge is 0.310 e. The van der Waals surface area contributed by atoms with Gasteiger partial charge in [-0.25, -0.2) is 0 Å². The lowest BCUT2D eigenvalue weighted by Crippen LogP contribution is -2.42. The van der Waals surface area contributed by atoms with Crippen LogP contribution in [-0.4, -0.2) is 18.4 Å². The van der Waals surface area contributed by atoms with Crippen molar-refractivity contribution in [3.8, 4) is 0 Å². The van der Waals surface area contributed by atoms with E-state index in [0.29, 0.717) is 18.5 Å². The van der Waals surface area contributed by atoms with Crippen LogP contribution in [0.2, 0.25) is 0 Å². The van der Waals surface area contributed by atoms with Gasteiger partial charge < -0.3 is 5.32 Å². The maximum atomic E-state index is 12.1. The van der Waals surface area contributed by atoms with Crippen LogP contribution in [0.15, 0.2) is 24.3 Å². The highest BCUT2D eigenvalue weighted by atomic mass is 16.2. The molecular weight excluding hydrogens is 264 g/mol. The quantitative estimate of drug-likeness (QED) is 0.847. The second kappa shape index (κ2) is 6.85. The van der Waals surface area contributed by atoms with Gasteiger partial charge in [0.15, 0.2) is 0 Å². The van der Waals surface area contributed by atoms with Gasteiger partial charge in [0, 0.05) is 18.9 Å². The topological polar surface area (TPSA) is 49.4 Å². The predicted molar refractivity (Wildman–Crippen MR) is 84.0 cm³/mol. The average Bonchev–Trinajstić information content (AvgIpc) is 2.44. The van der Waals surface area contributed by atoms with Crippen molar-refractivity contribution >= 4 is 17.5 Å². The van der Waals surface area contributed by atoms with Crippen molar-refractivity contribution in [2.75, 3.05) is 11.4 Å². The van der Waals surface area contributed by atoms with Gasteiger partial charge in [-0.15, -0.1) is 0 Å². The molecule has 4 nitrogen and oxygen atoms in total. The van der Waals surface area contributed by atoms with Crippen molar-refractivity contribution in [1.82, 2.24) is 5.32 Å². The molecule has 1 aliphatic rings. The third-order valence-electron chi connectivity index (χ3n) is 3.90. The zero-order valence-electron chi connectivity index (χ0n) is 13.1. The number of imide groups is 1. The van der Waals surface area contributed by atoms with Gasteiger partial charge in [0.1, 0.15) is 0 Å². The van der Waals surface area contributed by atoms with Gasteiger partial charge in [-0.05, 0) is 43.5 Å². The SMILES string of the molecule is CCCNC(C)c1ccc(N2C(=O)CC(C)CC2=O)cc1. The van der Waals surface area contributed by atoms with Crippen LogP contribution in [0.4, 0.5) is 5.69 Å². The van der Waals surface area contributed by atoms with E-state index in [0.717, 1.165) is 18.5 Å². The van der Waals surface area contributed by atoms with E-state index in [2.05, 4.69) is 19.2 Å². The monoisotopic (exact) mass is 288 g/mol. The first-order chi connectivity index (χ1) is 10.0. The highest BCUT2D eigenvalue weighted by Crippen LogP contribution is 2.26. The maximum Gasteiger partial charge on any atom is 0.234 e. The summed E-state index contributed by atoms with van der Waals surface area (Å²) in [7, 11) is 0. The van der Waals surface area contributed by atoms with Gasteiger partial charge in [0.25, 0.3) is 0 Å². The van der Waals surface area contributed by atoms with Gasteiger partial charge in [-0.3, -0.25) is 14.5 Å². The fraction of sp³-hybridized carbons (Fsp3) is 0.529. The second-order valence-corrected chi connectivity index (χ2v) is 5.90. The molecule has 0 saturated carbocycles. The Morgan fingerprint density at radius 1 is 1.19 bits per heavy atom. The van der Waals surface area contributed by atoms with Crippen molar-refractivity contribution in [1.29, 1.82) is 0 Å². The molecule has 21 heavy (non-hydrogen) atoms. The summed E-state index contributed by atoms with van der Waals surface area (Å²) in [5.41, 5.74) is 1.85. The minimum absolute atomic E-state index is 0.0938. The molecule has 2 amide bonds. The number of piperidine rings is 1. The summed E-state index contributed by atoms with van der Waals surface area (Å²) in [4.78, 5) is 25.5. The number of rotatable bonds is 5. The normalized spacial score (nSPS) is 18.1. The van der Waals surface area contributed by atoms with Crippen LogP contribution in [0.5, 0.6) is 0 Å². The van der Waals surface area contributed by atoms with E-state index in [-0.39, 0.29) is 23.8 Å². The van der Waals surface area contributed by atoms with Crippen LogP contribution in [-0.2, 0) is 9.59 Å². The van der Waals surface area contributed by atoms with Gasteiger partial charge in [-0.1, -0.05) is 26.0 Å². The van der Waals surface area contributed by atoms with Gasteiger partial charge >= 0.3 is 0 Å². The molecular formula is C17H24N2O2. The summed E-state index contributed by atoms with van der Waals surface area (Å²) in [5, 5.41) is 3.42. The summed E-state index contributed by atoms with van der Waals surface area (Å²) in [6.45, 7) is 7.17. The summed E-state index contributed by atoms with van der Waals surface area (Å²) in [6.07, 6.45) is 1.99. The van der Waals surface area contributed by atoms with Crippen molar-refractivity contribution in [2.24, 2.45) is 5.92 Å². The zero-order valence-corrected chi connectivity index (χ0v) is 13.1. The summed E-state index contributed by atoms with van der Waals surface area (Å²) in [5.74, 6) is -0.0360. The molecule has 114 valence electrons. The summed E-state index contributed by atoms with van der Waals surface area (Å²) < 4.78 is 0. The van der Waals surface area contributed by atoms with E-state index >= 15 is 0 Å². The molecule has 0 bridgehead atoms. The van der Waals surface area contributed by atoms with Crippen LogP contribution in [0.3, 0.4) is 0 Å². The fourth-order valence-corrected chi connectivity index (χ4v) is 2.67. The molecule has 4 heteroatoms. The molecule has 1 N–H and O–H groups in total. The van der Waals surface area contributed by atoms with Crippen LogP contribution in [0.25, 0.3) is 0 Å². The third-order valence-corrected chi connectivity index (χ3v) is 3.90. The number of nitrogens with zero attached hydrogens (tertiary/aromatic N) is 1. The van der Waals surface area contributed by atoms with Crippen molar-refractivity contribution in [2.45, 2.75) is 46.1 Å². The van der Waals surface area contributed by atoms with E-state index in [9.17, 15) is 9.59 Å². The highest BCUT2D eigenvalue weighted by molar-refractivity contribution is 6.16. The lowest BCUT2D eigenvalue weighted by molar-refractivity contribution is -0.130. The Kier molecular flexibility index (Phi) is 5.12. The van der Waals surface area contributed by atoms with E-state index in [1.54, 1.807) is 0 Å². The van der Waals surface area contributed by atoms with Crippen LogP contribution in [0.1, 0.15) is 51.6 Å². The van der Waals surface area contributed by atoms with Crippen LogP contribution in [0, 0.1) is 5.92 Å². The lowest BCUT2D eigenvalue weighted by Gasteiger charge is -2.28. The molecule has 1 aromatic rings. The smallest absolute Gasteiger partial charge is 0.234 e. The summed E-state index contributed by atoms with van der Waals surface area (Å²) in [6, 6.07) is 7.98. The molecule has 1 atom stereocenters.